The highest BCUT2D eigenvalue weighted by Gasteiger charge is 2.28. The van der Waals surface area contributed by atoms with Crippen LogP contribution < -0.4 is 4.74 Å². The van der Waals surface area contributed by atoms with Crippen LogP contribution in [0.5, 0.6) is 5.75 Å². The zero-order chi connectivity index (χ0) is 19.0. The number of methoxy groups -OCH3 is 1. The summed E-state index contributed by atoms with van der Waals surface area (Å²) in [5.41, 5.74) is 0.766. The molecule has 0 amide bonds. The van der Waals surface area contributed by atoms with Gasteiger partial charge in [0.15, 0.2) is 6.79 Å². The van der Waals surface area contributed by atoms with Crippen molar-refractivity contribution in [3.8, 4) is 5.75 Å². The van der Waals surface area contributed by atoms with Crippen molar-refractivity contribution in [1.29, 1.82) is 0 Å². The Labute approximate surface area is 151 Å². The molecule has 6 nitrogen and oxygen atoms in total. The van der Waals surface area contributed by atoms with E-state index >= 15 is 0 Å². The summed E-state index contributed by atoms with van der Waals surface area (Å²) in [5.74, 6) is -1.37. The number of rotatable bonds is 9. The van der Waals surface area contributed by atoms with Crippen molar-refractivity contribution in [3.63, 3.8) is 0 Å². The fourth-order valence-electron chi connectivity index (χ4n) is 1.90. The normalized spacial score (nSPS) is 11.5. The van der Waals surface area contributed by atoms with Gasteiger partial charge >= 0.3 is 5.97 Å². The van der Waals surface area contributed by atoms with E-state index < -0.39 is 20.8 Å². The van der Waals surface area contributed by atoms with Gasteiger partial charge in [0.1, 0.15) is 5.75 Å². The predicted octanol–water partition coefficient (Wildman–Crippen LogP) is 3.35. The Morgan fingerprint density at radius 3 is 2.44 bits per heavy atom. The van der Waals surface area contributed by atoms with Gasteiger partial charge in [-0.1, -0.05) is 32.9 Å². The molecule has 0 aliphatic heterocycles. The van der Waals surface area contributed by atoms with Crippen LogP contribution in [0.1, 0.15) is 43.6 Å². The predicted molar refractivity (Wildman–Crippen MR) is 96.0 cm³/mol. The van der Waals surface area contributed by atoms with E-state index in [9.17, 15) is 9.59 Å². The molecule has 0 spiro atoms. The van der Waals surface area contributed by atoms with Crippen LogP contribution in [0.15, 0.2) is 18.2 Å². The van der Waals surface area contributed by atoms with Crippen LogP contribution >= 0.6 is 0 Å². The Morgan fingerprint density at radius 1 is 1.20 bits per heavy atom. The Hall–Kier alpha value is -1.70. The summed E-state index contributed by atoms with van der Waals surface area (Å²) in [5, 5.41) is 0.0557. The number of hydrogen-bond donors (Lipinski definition) is 0. The lowest BCUT2D eigenvalue weighted by atomic mass is 10.0. The number of ketones is 1. The maximum Gasteiger partial charge on any atom is 0.379 e. The molecule has 0 fully saturated rings. The Bertz CT molecular complexity index is 594. The first-order valence-corrected chi connectivity index (χ1v) is 10.0. The molecule has 1 radical (unpaired) electrons. The molecule has 0 heterocycles. The van der Waals surface area contributed by atoms with Gasteiger partial charge in [0, 0.05) is 7.11 Å². The second-order valence-electron chi connectivity index (χ2n) is 6.49. The molecule has 0 atom stereocenters. The molecule has 139 valence electrons. The van der Waals surface area contributed by atoms with Gasteiger partial charge in [0.2, 0.25) is 9.04 Å². The lowest BCUT2D eigenvalue weighted by Gasteiger charge is -2.25. The average molecular weight is 367 g/mol. The monoisotopic (exact) mass is 367 g/mol. The van der Waals surface area contributed by atoms with E-state index in [0.717, 1.165) is 0 Å². The topological polar surface area (TPSA) is 71.1 Å². The summed E-state index contributed by atoms with van der Waals surface area (Å²) in [6, 6.07) is 5.13. The molecule has 7 heteroatoms. The molecule has 0 saturated carbocycles. The SMILES string of the molecule is CCOC(=O)C(=O)c1c(CO[Si](C)C(C)(C)C)cccc1OCOC. The smallest absolute Gasteiger partial charge is 0.379 e. The van der Waals surface area contributed by atoms with Gasteiger partial charge in [-0.25, -0.2) is 4.79 Å². The van der Waals surface area contributed by atoms with Crippen LogP contribution in [-0.2, 0) is 25.3 Å². The van der Waals surface area contributed by atoms with E-state index in [1.54, 1.807) is 25.1 Å². The fraction of sp³-hybridized carbons (Fsp3) is 0.556. The van der Waals surface area contributed by atoms with Gasteiger partial charge in [0.05, 0.1) is 18.8 Å². The number of carbonyl (C=O) groups excluding carboxylic acids is 2. The van der Waals surface area contributed by atoms with Gasteiger partial charge in [-0.2, -0.15) is 0 Å². The zero-order valence-corrected chi connectivity index (χ0v) is 16.8. The summed E-state index contributed by atoms with van der Waals surface area (Å²) >= 11 is 0. The van der Waals surface area contributed by atoms with Gasteiger partial charge < -0.3 is 18.6 Å². The number of Topliss-reactive ketones (excluding diaryl/α,β-unsaturated/α-hetero) is 1. The molecular formula is C18H27O6Si. The van der Waals surface area contributed by atoms with Crippen molar-refractivity contribution in [2.75, 3.05) is 20.5 Å². The lowest BCUT2D eigenvalue weighted by Crippen LogP contribution is -2.26. The average Bonchev–Trinajstić information content (AvgIpc) is 2.56. The summed E-state index contributed by atoms with van der Waals surface area (Å²) in [7, 11) is 0.384. The van der Waals surface area contributed by atoms with Crippen LogP contribution in [0.2, 0.25) is 11.6 Å². The molecule has 0 unspecified atom stereocenters. The van der Waals surface area contributed by atoms with E-state index in [0.29, 0.717) is 5.56 Å². The van der Waals surface area contributed by atoms with E-state index in [-0.39, 0.29) is 36.4 Å². The van der Waals surface area contributed by atoms with Crippen molar-refractivity contribution >= 4 is 20.8 Å². The van der Waals surface area contributed by atoms with Crippen LogP contribution in [0, 0.1) is 0 Å². The molecule has 0 aromatic heterocycles. The van der Waals surface area contributed by atoms with Crippen molar-refractivity contribution in [2.45, 2.75) is 45.9 Å². The standard InChI is InChI=1S/C18H27O6Si/c1-7-22-17(20)16(19)15-13(11-24-25(6)18(2,3)4)9-8-10-14(15)23-12-21-5/h8-10H,7,11-12H2,1-6H3. The Morgan fingerprint density at radius 2 is 1.88 bits per heavy atom. The number of ether oxygens (including phenoxy) is 3. The van der Waals surface area contributed by atoms with Crippen molar-refractivity contribution in [1.82, 2.24) is 0 Å². The molecule has 1 rings (SSSR count). The minimum Gasteiger partial charge on any atom is -0.467 e. The molecule has 0 N–H and O–H groups in total. The zero-order valence-electron chi connectivity index (χ0n) is 15.8. The van der Waals surface area contributed by atoms with Crippen molar-refractivity contribution in [3.05, 3.63) is 29.3 Å². The van der Waals surface area contributed by atoms with E-state index in [4.69, 9.17) is 18.6 Å². The highest BCUT2D eigenvalue weighted by atomic mass is 28.3. The summed E-state index contributed by atoms with van der Waals surface area (Å²) in [6.07, 6.45) is 0. The maximum absolute atomic E-state index is 12.5. The molecule has 0 bridgehead atoms. The minimum atomic E-state index is -1.10. The number of carbonyl (C=O) groups is 2. The van der Waals surface area contributed by atoms with Crippen LogP contribution in [-0.4, -0.2) is 41.3 Å². The molecule has 0 aliphatic carbocycles. The summed E-state index contributed by atoms with van der Waals surface area (Å²) in [6.45, 7) is 10.4. The highest BCUT2D eigenvalue weighted by Crippen LogP contribution is 2.29. The number of benzene rings is 1. The van der Waals surface area contributed by atoms with E-state index in [1.807, 2.05) is 0 Å². The van der Waals surface area contributed by atoms with Crippen LogP contribution in [0.3, 0.4) is 0 Å². The molecular weight excluding hydrogens is 340 g/mol. The first-order valence-electron chi connectivity index (χ1n) is 8.14. The maximum atomic E-state index is 12.5. The molecule has 0 aliphatic rings. The fourth-order valence-corrected chi connectivity index (χ4v) is 2.70. The van der Waals surface area contributed by atoms with Gasteiger partial charge in [-0.05, 0) is 30.1 Å². The molecule has 25 heavy (non-hydrogen) atoms. The second-order valence-corrected chi connectivity index (χ2v) is 9.39. The Kier molecular flexibility index (Phi) is 8.28. The van der Waals surface area contributed by atoms with Gasteiger partial charge in [0.25, 0.3) is 5.78 Å². The summed E-state index contributed by atoms with van der Waals surface area (Å²) in [4.78, 5) is 24.5. The van der Waals surface area contributed by atoms with Crippen molar-refractivity contribution < 1.29 is 28.2 Å². The van der Waals surface area contributed by atoms with Crippen molar-refractivity contribution in [2.24, 2.45) is 0 Å². The van der Waals surface area contributed by atoms with E-state index in [2.05, 4.69) is 27.3 Å². The second kappa shape index (κ2) is 9.70. The van der Waals surface area contributed by atoms with Gasteiger partial charge in [-0.3, -0.25) is 4.79 Å². The molecule has 1 aromatic rings. The van der Waals surface area contributed by atoms with Crippen LogP contribution in [0.4, 0.5) is 0 Å². The first-order chi connectivity index (χ1) is 11.7. The summed E-state index contributed by atoms with van der Waals surface area (Å²) < 4.78 is 21.2. The highest BCUT2D eigenvalue weighted by molar-refractivity contribution is 6.53. The number of hydrogen-bond acceptors (Lipinski definition) is 6. The lowest BCUT2D eigenvalue weighted by molar-refractivity contribution is -0.137. The third-order valence-electron chi connectivity index (χ3n) is 3.63. The third-order valence-corrected chi connectivity index (χ3v) is 6.32. The molecule has 1 aromatic carbocycles. The minimum absolute atomic E-state index is 0.0295. The van der Waals surface area contributed by atoms with Crippen LogP contribution in [0.25, 0.3) is 0 Å². The largest absolute Gasteiger partial charge is 0.467 e. The quantitative estimate of drug-likeness (QED) is 0.219. The van der Waals surface area contributed by atoms with Gasteiger partial charge in [-0.15, -0.1) is 0 Å². The third kappa shape index (κ3) is 6.26. The van der Waals surface area contributed by atoms with E-state index in [1.165, 1.54) is 7.11 Å². The Balaban J connectivity index is 3.14. The first kappa shape index (κ1) is 21.3. The number of esters is 1. The molecule has 0 saturated heterocycles.